The summed E-state index contributed by atoms with van der Waals surface area (Å²) in [6.45, 7) is 2.47. The van der Waals surface area contributed by atoms with E-state index in [1.807, 2.05) is 18.2 Å². The van der Waals surface area contributed by atoms with Gasteiger partial charge >= 0.3 is 5.97 Å². The predicted molar refractivity (Wildman–Crippen MR) is 85.0 cm³/mol. The molecule has 1 aromatic carbocycles. The summed E-state index contributed by atoms with van der Waals surface area (Å²) in [5.41, 5.74) is 2.02. The highest BCUT2D eigenvalue weighted by Crippen LogP contribution is 2.35. The molecule has 0 bridgehead atoms. The quantitative estimate of drug-likeness (QED) is 0.803. The first-order chi connectivity index (χ1) is 10.7. The van der Waals surface area contributed by atoms with Gasteiger partial charge < -0.3 is 14.5 Å². The van der Waals surface area contributed by atoms with E-state index in [2.05, 4.69) is 11.0 Å². The molecule has 5 heteroatoms. The zero-order valence-corrected chi connectivity index (χ0v) is 13.0. The fourth-order valence-electron chi connectivity index (χ4n) is 3.36. The normalized spacial score (nSPS) is 22.0. The van der Waals surface area contributed by atoms with Crippen LogP contribution in [0.1, 0.15) is 25.7 Å². The SMILES string of the molecule is COC(=O)C1CC(=O)N(c2ccccc2N2CCCCC2)C1. The zero-order valence-electron chi connectivity index (χ0n) is 13.0. The van der Waals surface area contributed by atoms with E-state index in [9.17, 15) is 9.59 Å². The number of ether oxygens (including phenoxy) is 1. The van der Waals surface area contributed by atoms with Gasteiger partial charge in [-0.05, 0) is 31.4 Å². The second-order valence-electron chi connectivity index (χ2n) is 5.96. The maximum atomic E-state index is 12.3. The second-order valence-corrected chi connectivity index (χ2v) is 5.96. The lowest BCUT2D eigenvalue weighted by Gasteiger charge is -2.32. The fraction of sp³-hybridized carbons (Fsp3) is 0.529. The summed E-state index contributed by atoms with van der Waals surface area (Å²) in [4.78, 5) is 28.1. The Kier molecular flexibility index (Phi) is 4.32. The Balaban J connectivity index is 1.85. The molecule has 0 radical (unpaired) electrons. The van der Waals surface area contributed by atoms with Crippen LogP contribution in [0.5, 0.6) is 0 Å². The van der Waals surface area contributed by atoms with Crippen molar-refractivity contribution in [1.82, 2.24) is 0 Å². The number of rotatable bonds is 3. The number of amides is 1. The van der Waals surface area contributed by atoms with Gasteiger partial charge in [0.05, 0.1) is 24.4 Å². The Bertz CT molecular complexity index is 567. The molecule has 0 saturated carbocycles. The van der Waals surface area contributed by atoms with Crippen LogP contribution in [0.3, 0.4) is 0 Å². The number of carbonyl (C=O) groups excluding carboxylic acids is 2. The molecule has 5 nitrogen and oxygen atoms in total. The first-order valence-electron chi connectivity index (χ1n) is 7.93. The van der Waals surface area contributed by atoms with Crippen molar-refractivity contribution in [2.24, 2.45) is 5.92 Å². The van der Waals surface area contributed by atoms with Crippen molar-refractivity contribution < 1.29 is 14.3 Å². The third-order valence-corrected chi connectivity index (χ3v) is 4.53. The summed E-state index contributed by atoms with van der Waals surface area (Å²) in [6.07, 6.45) is 3.88. The highest BCUT2D eigenvalue weighted by molar-refractivity contribution is 6.01. The predicted octanol–water partition coefficient (Wildman–Crippen LogP) is 2.20. The number of methoxy groups -OCH3 is 1. The van der Waals surface area contributed by atoms with Gasteiger partial charge in [0.1, 0.15) is 0 Å². The molecule has 1 unspecified atom stereocenters. The zero-order chi connectivity index (χ0) is 15.5. The van der Waals surface area contributed by atoms with E-state index in [1.165, 1.54) is 26.4 Å². The van der Waals surface area contributed by atoms with E-state index in [0.29, 0.717) is 6.54 Å². The van der Waals surface area contributed by atoms with Crippen LogP contribution in [-0.4, -0.2) is 38.6 Å². The molecule has 22 heavy (non-hydrogen) atoms. The average molecular weight is 302 g/mol. The van der Waals surface area contributed by atoms with Crippen molar-refractivity contribution in [2.45, 2.75) is 25.7 Å². The standard InChI is InChI=1S/C17H22N2O3/c1-22-17(21)13-11-16(20)19(12-13)15-8-4-3-7-14(15)18-9-5-2-6-10-18/h3-4,7-8,13H,2,5-6,9-12H2,1H3. The monoisotopic (exact) mass is 302 g/mol. The smallest absolute Gasteiger partial charge is 0.311 e. The molecule has 3 rings (SSSR count). The summed E-state index contributed by atoms with van der Waals surface area (Å²) in [7, 11) is 1.37. The molecular weight excluding hydrogens is 280 g/mol. The van der Waals surface area contributed by atoms with E-state index in [1.54, 1.807) is 4.90 Å². The van der Waals surface area contributed by atoms with Crippen molar-refractivity contribution in [3.63, 3.8) is 0 Å². The lowest BCUT2D eigenvalue weighted by Crippen LogP contribution is -2.33. The van der Waals surface area contributed by atoms with Crippen LogP contribution in [0.2, 0.25) is 0 Å². The van der Waals surface area contributed by atoms with Gasteiger partial charge in [-0.1, -0.05) is 12.1 Å². The molecule has 1 amide bonds. The molecule has 2 fully saturated rings. The number of esters is 1. The topological polar surface area (TPSA) is 49.9 Å². The summed E-state index contributed by atoms with van der Waals surface area (Å²) in [5, 5.41) is 0. The summed E-state index contributed by atoms with van der Waals surface area (Å²) < 4.78 is 4.78. The van der Waals surface area contributed by atoms with Gasteiger partial charge in [0, 0.05) is 26.1 Å². The number of carbonyl (C=O) groups is 2. The minimum atomic E-state index is -0.355. The van der Waals surface area contributed by atoms with Gasteiger partial charge in [0.15, 0.2) is 0 Å². The lowest BCUT2D eigenvalue weighted by atomic mass is 10.1. The van der Waals surface area contributed by atoms with Gasteiger partial charge in [-0.15, -0.1) is 0 Å². The number of hydrogen-bond donors (Lipinski definition) is 0. The number of benzene rings is 1. The van der Waals surface area contributed by atoms with Gasteiger partial charge in [-0.3, -0.25) is 9.59 Å². The Morgan fingerprint density at radius 3 is 2.50 bits per heavy atom. The van der Waals surface area contributed by atoms with Crippen LogP contribution in [-0.2, 0) is 14.3 Å². The van der Waals surface area contributed by atoms with Crippen molar-refractivity contribution >= 4 is 23.3 Å². The van der Waals surface area contributed by atoms with Crippen LogP contribution in [0.4, 0.5) is 11.4 Å². The molecular formula is C17H22N2O3. The van der Waals surface area contributed by atoms with Crippen molar-refractivity contribution in [1.29, 1.82) is 0 Å². The maximum absolute atomic E-state index is 12.3. The Morgan fingerprint density at radius 1 is 1.14 bits per heavy atom. The molecule has 118 valence electrons. The minimum absolute atomic E-state index is 0.000130. The molecule has 2 aliphatic heterocycles. The van der Waals surface area contributed by atoms with Gasteiger partial charge in [-0.25, -0.2) is 0 Å². The highest BCUT2D eigenvalue weighted by Gasteiger charge is 2.37. The molecule has 2 aliphatic rings. The van der Waals surface area contributed by atoms with Crippen molar-refractivity contribution in [2.75, 3.05) is 36.5 Å². The second kappa shape index (κ2) is 6.38. The van der Waals surface area contributed by atoms with E-state index < -0.39 is 0 Å². The number of nitrogens with zero attached hydrogens (tertiary/aromatic N) is 2. The molecule has 2 saturated heterocycles. The molecule has 2 heterocycles. The summed E-state index contributed by atoms with van der Waals surface area (Å²) in [5.74, 6) is -0.655. The minimum Gasteiger partial charge on any atom is -0.469 e. The summed E-state index contributed by atoms with van der Waals surface area (Å²) >= 11 is 0. The van der Waals surface area contributed by atoms with Gasteiger partial charge in [-0.2, -0.15) is 0 Å². The number of anilines is 2. The van der Waals surface area contributed by atoms with E-state index in [-0.39, 0.29) is 24.2 Å². The van der Waals surface area contributed by atoms with Crippen LogP contribution in [0.15, 0.2) is 24.3 Å². The highest BCUT2D eigenvalue weighted by atomic mass is 16.5. The lowest BCUT2D eigenvalue weighted by molar-refractivity contribution is -0.145. The Labute approximate surface area is 130 Å². The number of piperidine rings is 1. The molecule has 1 atom stereocenters. The third-order valence-electron chi connectivity index (χ3n) is 4.53. The van der Waals surface area contributed by atoms with Gasteiger partial charge in [0.25, 0.3) is 0 Å². The number of hydrogen-bond acceptors (Lipinski definition) is 4. The average Bonchev–Trinajstić information content (AvgIpc) is 2.96. The third kappa shape index (κ3) is 2.80. The Hall–Kier alpha value is -2.04. The largest absolute Gasteiger partial charge is 0.469 e. The Morgan fingerprint density at radius 2 is 1.82 bits per heavy atom. The molecule has 0 aliphatic carbocycles. The maximum Gasteiger partial charge on any atom is 0.311 e. The van der Waals surface area contributed by atoms with Gasteiger partial charge in [0.2, 0.25) is 5.91 Å². The molecule has 0 spiro atoms. The van der Waals surface area contributed by atoms with Crippen LogP contribution >= 0.6 is 0 Å². The van der Waals surface area contributed by atoms with E-state index in [4.69, 9.17) is 4.74 Å². The first-order valence-corrected chi connectivity index (χ1v) is 7.93. The summed E-state index contributed by atoms with van der Waals surface area (Å²) in [6, 6.07) is 7.99. The van der Waals surface area contributed by atoms with E-state index in [0.717, 1.165) is 24.5 Å². The van der Waals surface area contributed by atoms with Crippen LogP contribution in [0.25, 0.3) is 0 Å². The molecule has 0 aromatic heterocycles. The first kappa shape index (κ1) is 14.9. The molecule has 0 N–H and O–H groups in total. The van der Waals surface area contributed by atoms with E-state index >= 15 is 0 Å². The van der Waals surface area contributed by atoms with Crippen LogP contribution < -0.4 is 9.80 Å². The van der Waals surface area contributed by atoms with Crippen molar-refractivity contribution in [3.05, 3.63) is 24.3 Å². The number of para-hydroxylation sites is 2. The molecule has 1 aromatic rings. The fourth-order valence-corrected chi connectivity index (χ4v) is 3.36. The van der Waals surface area contributed by atoms with Crippen molar-refractivity contribution in [3.8, 4) is 0 Å². The van der Waals surface area contributed by atoms with Crippen LogP contribution in [0, 0.1) is 5.92 Å².